The minimum Gasteiger partial charge on any atom is -0.508 e. The lowest BCUT2D eigenvalue weighted by Gasteiger charge is -2.28. The summed E-state index contributed by atoms with van der Waals surface area (Å²) in [5.74, 6) is 0.817. The van der Waals surface area contributed by atoms with E-state index in [1.54, 1.807) is 35.4 Å². The molecule has 0 saturated heterocycles. The monoisotopic (exact) mass is 349 g/mol. The number of aromatic nitrogens is 1. The molecule has 0 unspecified atom stereocenters. The van der Waals surface area contributed by atoms with Gasteiger partial charge in [0.25, 0.3) is 0 Å². The summed E-state index contributed by atoms with van der Waals surface area (Å²) in [6.07, 6.45) is 6.85. The Balaban J connectivity index is 1.45. The van der Waals surface area contributed by atoms with Crippen LogP contribution >= 0.6 is 0 Å². The van der Waals surface area contributed by atoms with E-state index in [1.807, 2.05) is 12.1 Å². The van der Waals surface area contributed by atoms with E-state index in [2.05, 4.69) is 10.3 Å². The van der Waals surface area contributed by atoms with Gasteiger partial charge in [-0.2, -0.15) is 0 Å². The van der Waals surface area contributed by atoms with Crippen LogP contribution in [0.15, 0.2) is 36.5 Å². The molecule has 2 aromatic rings. The van der Waals surface area contributed by atoms with E-state index in [-0.39, 0.29) is 17.6 Å². The molecule has 2 amide bonds. The third kappa shape index (κ3) is 3.31. The van der Waals surface area contributed by atoms with Crippen LogP contribution in [0, 0.1) is 0 Å². The first kappa shape index (κ1) is 16.3. The lowest BCUT2D eigenvalue weighted by atomic mass is 9.99. The summed E-state index contributed by atoms with van der Waals surface area (Å²) >= 11 is 0. The van der Waals surface area contributed by atoms with Crippen molar-refractivity contribution in [2.75, 3.05) is 11.9 Å². The third-order valence-corrected chi connectivity index (χ3v) is 4.80. The number of aryl methyl sites for hydroxylation is 1. The van der Waals surface area contributed by atoms with Crippen molar-refractivity contribution in [3.05, 3.63) is 58.8 Å². The zero-order valence-corrected chi connectivity index (χ0v) is 14.2. The van der Waals surface area contributed by atoms with Crippen LogP contribution < -0.4 is 5.32 Å². The number of aromatic hydroxyl groups is 1. The highest BCUT2D eigenvalue weighted by Gasteiger charge is 2.19. The van der Waals surface area contributed by atoms with Gasteiger partial charge in [-0.25, -0.2) is 4.98 Å². The Morgan fingerprint density at radius 2 is 2.04 bits per heavy atom. The van der Waals surface area contributed by atoms with Crippen molar-refractivity contribution in [2.45, 2.75) is 25.8 Å². The minimum atomic E-state index is -0.0465. The van der Waals surface area contributed by atoms with E-state index in [0.717, 1.165) is 28.7 Å². The first-order valence-electron chi connectivity index (χ1n) is 8.65. The van der Waals surface area contributed by atoms with E-state index >= 15 is 0 Å². The van der Waals surface area contributed by atoms with Gasteiger partial charge in [-0.1, -0.05) is 6.07 Å². The molecule has 1 aromatic heterocycles. The van der Waals surface area contributed by atoms with E-state index in [4.69, 9.17) is 0 Å². The van der Waals surface area contributed by atoms with Gasteiger partial charge < -0.3 is 15.3 Å². The van der Waals surface area contributed by atoms with Crippen molar-refractivity contribution in [3.8, 4) is 5.75 Å². The predicted octanol–water partition coefficient (Wildman–Crippen LogP) is 2.27. The second-order valence-electron chi connectivity index (χ2n) is 6.62. The highest BCUT2D eigenvalue weighted by molar-refractivity contribution is 5.94. The number of hydrogen-bond acceptors (Lipinski definition) is 4. The van der Waals surface area contributed by atoms with Crippen LogP contribution in [0.5, 0.6) is 5.75 Å². The van der Waals surface area contributed by atoms with Gasteiger partial charge in [0.05, 0.1) is 0 Å². The molecule has 132 valence electrons. The number of rotatable bonds is 2. The number of phenolic OH excluding ortho intramolecular Hbond substituents is 1. The number of nitrogens with one attached hydrogen (secondary N) is 1. The van der Waals surface area contributed by atoms with Crippen LogP contribution in [-0.4, -0.2) is 33.3 Å². The van der Waals surface area contributed by atoms with Crippen molar-refractivity contribution in [3.63, 3.8) is 0 Å². The zero-order chi connectivity index (χ0) is 18.1. The molecule has 26 heavy (non-hydrogen) atoms. The lowest BCUT2D eigenvalue weighted by molar-refractivity contribution is -0.126. The molecule has 0 saturated carbocycles. The average molecular weight is 349 g/mol. The number of pyridine rings is 1. The molecular weight excluding hydrogens is 330 g/mol. The highest BCUT2D eigenvalue weighted by Crippen LogP contribution is 2.24. The second kappa shape index (κ2) is 6.63. The summed E-state index contributed by atoms with van der Waals surface area (Å²) < 4.78 is 0. The van der Waals surface area contributed by atoms with Gasteiger partial charge >= 0.3 is 0 Å². The van der Waals surface area contributed by atoms with Crippen molar-refractivity contribution in [1.29, 1.82) is 0 Å². The molecule has 6 heteroatoms. The molecule has 2 aliphatic rings. The van der Waals surface area contributed by atoms with Crippen LogP contribution in [0.25, 0.3) is 6.08 Å². The molecule has 0 bridgehead atoms. The largest absolute Gasteiger partial charge is 0.508 e. The molecule has 0 radical (unpaired) electrons. The summed E-state index contributed by atoms with van der Waals surface area (Å²) in [5.41, 5.74) is 4.00. The minimum absolute atomic E-state index is 0.0119. The molecule has 0 atom stereocenters. The van der Waals surface area contributed by atoms with Crippen LogP contribution in [0.1, 0.15) is 28.7 Å². The zero-order valence-electron chi connectivity index (χ0n) is 14.2. The molecular formula is C20H19N3O3. The lowest BCUT2D eigenvalue weighted by Crippen LogP contribution is -2.34. The fourth-order valence-corrected chi connectivity index (χ4v) is 3.37. The standard InChI is InChI=1S/C20H19N3O3/c24-17-4-2-16-12-23(8-7-14(16)10-17)19(26)6-1-13-9-15-3-5-18(25)22-20(15)21-11-13/h1-2,4,6,9-11,24H,3,5,7-8,12H2,(H,21,22,25)/b6-1+. The summed E-state index contributed by atoms with van der Waals surface area (Å²) in [6, 6.07) is 7.25. The number of benzene rings is 1. The first-order chi connectivity index (χ1) is 12.6. The predicted molar refractivity (Wildman–Crippen MR) is 97.4 cm³/mol. The second-order valence-corrected chi connectivity index (χ2v) is 6.62. The fourth-order valence-electron chi connectivity index (χ4n) is 3.37. The fraction of sp³-hybridized carbons (Fsp3) is 0.250. The molecule has 3 heterocycles. The van der Waals surface area contributed by atoms with Crippen molar-refractivity contribution < 1.29 is 14.7 Å². The number of carbonyl (C=O) groups excluding carboxylic acids is 2. The Bertz CT molecular complexity index is 921. The molecule has 6 nitrogen and oxygen atoms in total. The first-order valence-corrected chi connectivity index (χ1v) is 8.65. The van der Waals surface area contributed by atoms with E-state index in [1.165, 1.54) is 0 Å². The molecule has 0 fully saturated rings. The summed E-state index contributed by atoms with van der Waals surface area (Å²) in [5, 5.41) is 12.3. The molecule has 1 aromatic carbocycles. The number of anilines is 1. The number of amides is 2. The van der Waals surface area contributed by atoms with Crippen molar-refractivity contribution >= 4 is 23.7 Å². The van der Waals surface area contributed by atoms with Gasteiger partial charge in [0.2, 0.25) is 11.8 Å². The maximum atomic E-state index is 12.5. The van der Waals surface area contributed by atoms with Crippen LogP contribution in [0.2, 0.25) is 0 Å². The van der Waals surface area contributed by atoms with Gasteiger partial charge in [-0.05, 0) is 59.4 Å². The molecule has 2 aliphatic heterocycles. The van der Waals surface area contributed by atoms with Crippen molar-refractivity contribution in [2.24, 2.45) is 0 Å². The Morgan fingerprint density at radius 3 is 2.92 bits per heavy atom. The normalized spacial score (nSPS) is 16.2. The van der Waals surface area contributed by atoms with Crippen LogP contribution in [0.3, 0.4) is 0 Å². The molecule has 0 aliphatic carbocycles. The average Bonchev–Trinajstić information content (AvgIpc) is 2.65. The summed E-state index contributed by atoms with van der Waals surface area (Å²) in [4.78, 5) is 29.9. The van der Waals surface area contributed by atoms with Gasteiger partial charge in [0.1, 0.15) is 11.6 Å². The van der Waals surface area contributed by atoms with Crippen LogP contribution in [-0.2, 0) is 29.0 Å². The van der Waals surface area contributed by atoms with E-state index < -0.39 is 0 Å². The number of carbonyl (C=O) groups is 2. The third-order valence-electron chi connectivity index (χ3n) is 4.80. The maximum absolute atomic E-state index is 12.5. The Labute approximate surface area is 151 Å². The van der Waals surface area contributed by atoms with E-state index in [9.17, 15) is 14.7 Å². The van der Waals surface area contributed by atoms with Gasteiger partial charge in [0.15, 0.2) is 0 Å². The Kier molecular flexibility index (Phi) is 4.16. The van der Waals surface area contributed by atoms with Gasteiger partial charge in [-0.15, -0.1) is 0 Å². The number of hydrogen-bond donors (Lipinski definition) is 2. The number of fused-ring (bicyclic) bond motifs is 2. The SMILES string of the molecule is O=C1CCc2cc(/C=C/C(=O)N3CCc4cc(O)ccc4C3)cnc2N1. The van der Waals surface area contributed by atoms with Gasteiger partial charge in [0, 0.05) is 31.8 Å². The summed E-state index contributed by atoms with van der Waals surface area (Å²) in [6.45, 7) is 1.18. The van der Waals surface area contributed by atoms with Crippen LogP contribution in [0.4, 0.5) is 5.82 Å². The Morgan fingerprint density at radius 1 is 1.15 bits per heavy atom. The van der Waals surface area contributed by atoms with E-state index in [0.29, 0.717) is 31.7 Å². The number of phenols is 1. The quantitative estimate of drug-likeness (QED) is 0.815. The van der Waals surface area contributed by atoms with Crippen molar-refractivity contribution in [1.82, 2.24) is 9.88 Å². The smallest absolute Gasteiger partial charge is 0.246 e. The van der Waals surface area contributed by atoms with Gasteiger partial charge in [-0.3, -0.25) is 9.59 Å². The maximum Gasteiger partial charge on any atom is 0.246 e. The Hall–Kier alpha value is -3.15. The summed E-state index contributed by atoms with van der Waals surface area (Å²) in [7, 11) is 0. The highest BCUT2D eigenvalue weighted by atomic mass is 16.3. The number of nitrogens with zero attached hydrogens (tertiary/aromatic N) is 2. The molecule has 2 N–H and O–H groups in total. The molecule has 0 spiro atoms. The topological polar surface area (TPSA) is 82.5 Å². The molecule has 4 rings (SSSR count).